The highest BCUT2D eigenvalue weighted by molar-refractivity contribution is 6.02. The van der Waals surface area contributed by atoms with E-state index in [9.17, 15) is 13.6 Å². The van der Waals surface area contributed by atoms with Gasteiger partial charge in [-0.1, -0.05) is 12.1 Å². The third kappa shape index (κ3) is 2.47. The van der Waals surface area contributed by atoms with Crippen molar-refractivity contribution in [2.24, 2.45) is 5.73 Å². The van der Waals surface area contributed by atoms with Crippen molar-refractivity contribution in [3.63, 3.8) is 0 Å². The fraction of sp³-hybridized carbons (Fsp3) is 0. The minimum atomic E-state index is -1.05. The van der Waals surface area contributed by atoms with Gasteiger partial charge in [0.1, 0.15) is 0 Å². The van der Waals surface area contributed by atoms with Crippen LogP contribution in [0.3, 0.4) is 0 Å². The highest BCUT2D eigenvalue weighted by Gasteiger charge is 2.14. The number of para-hydroxylation sites is 1. The smallest absolute Gasteiger partial charge is 0.250 e. The second-order valence-corrected chi connectivity index (χ2v) is 3.86. The van der Waals surface area contributed by atoms with E-state index in [-0.39, 0.29) is 22.6 Å². The van der Waals surface area contributed by atoms with Gasteiger partial charge in [0, 0.05) is 0 Å². The van der Waals surface area contributed by atoms with Gasteiger partial charge in [0.05, 0.1) is 22.6 Å². The van der Waals surface area contributed by atoms with E-state index in [1.165, 1.54) is 24.3 Å². The first-order chi connectivity index (χ1) is 9.00. The van der Waals surface area contributed by atoms with E-state index >= 15 is 0 Å². The van der Waals surface area contributed by atoms with E-state index in [0.29, 0.717) is 0 Å². The van der Waals surface area contributed by atoms with Crippen LogP contribution in [0.15, 0.2) is 36.4 Å². The van der Waals surface area contributed by atoms with Gasteiger partial charge >= 0.3 is 0 Å². The first-order valence-electron chi connectivity index (χ1n) is 5.40. The molecular weight excluding hydrogens is 252 g/mol. The number of benzene rings is 2. The van der Waals surface area contributed by atoms with Gasteiger partial charge in [-0.15, -0.1) is 0 Å². The summed E-state index contributed by atoms with van der Waals surface area (Å²) in [7, 11) is 0. The summed E-state index contributed by atoms with van der Waals surface area (Å²) in [5.41, 5.74) is 11.2. The number of hydrogen-bond donors (Lipinski definition) is 3. The first kappa shape index (κ1) is 12.8. The lowest BCUT2D eigenvalue weighted by Crippen LogP contribution is -2.14. The lowest BCUT2D eigenvalue weighted by molar-refractivity contribution is 0.100. The SMILES string of the molecule is NC(=O)c1cccc(N)c1Nc1cccc(F)c1F. The maximum absolute atomic E-state index is 13.6. The standard InChI is InChI=1S/C13H11F2N3O/c14-8-4-2-6-10(11(8)15)18-12-7(13(17)19)3-1-5-9(12)16/h1-6,18H,16H2,(H2,17,19). The zero-order valence-electron chi connectivity index (χ0n) is 9.78. The van der Waals surface area contributed by atoms with Crippen LogP contribution in [-0.4, -0.2) is 5.91 Å². The molecule has 0 aliphatic heterocycles. The van der Waals surface area contributed by atoms with Gasteiger partial charge in [0.15, 0.2) is 11.6 Å². The summed E-state index contributed by atoms with van der Waals surface area (Å²) in [6.07, 6.45) is 0. The molecule has 19 heavy (non-hydrogen) atoms. The van der Waals surface area contributed by atoms with Gasteiger partial charge in [-0.3, -0.25) is 4.79 Å². The van der Waals surface area contributed by atoms with E-state index in [0.717, 1.165) is 6.07 Å². The number of primary amides is 1. The zero-order valence-corrected chi connectivity index (χ0v) is 9.78. The Kier molecular flexibility index (Phi) is 3.33. The summed E-state index contributed by atoms with van der Waals surface area (Å²) in [6.45, 7) is 0. The Morgan fingerprint density at radius 1 is 1.11 bits per heavy atom. The summed E-state index contributed by atoms with van der Waals surface area (Å²) in [4.78, 5) is 11.3. The molecule has 0 aromatic heterocycles. The van der Waals surface area contributed by atoms with Crippen LogP contribution in [0.5, 0.6) is 0 Å². The fourth-order valence-electron chi connectivity index (χ4n) is 1.65. The highest BCUT2D eigenvalue weighted by Crippen LogP contribution is 2.29. The largest absolute Gasteiger partial charge is 0.397 e. The molecule has 0 heterocycles. The van der Waals surface area contributed by atoms with Gasteiger partial charge < -0.3 is 16.8 Å². The highest BCUT2D eigenvalue weighted by atomic mass is 19.2. The lowest BCUT2D eigenvalue weighted by atomic mass is 10.1. The molecule has 2 aromatic rings. The molecule has 4 nitrogen and oxygen atoms in total. The van der Waals surface area contributed by atoms with Crippen molar-refractivity contribution in [1.29, 1.82) is 0 Å². The Labute approximate surface area is 108 Å². The maximum atomic E-state index is 13.6. The number of carbonyl (C=O) groups is 1. The van der Waals surface area contributed by atoms with Crippen LogP contribution < -0.4 is 16.8 Å². The molecule has 0 atom stereocenters. The third-order valence-electron chi connectivity index (χ3n) is 2.57. The number of nitrogens with one attached hydrogen (secondary N) is 1. The van der Waals surface area contributed by atoms with E-state index < -0.39 is 17.5 Å². The van der Waals surface area contributed by atoms with Crippen LogP contribution in [0.25, 0.3) is 0 Å². The Morgan fingerprint density at radius 3 is 2.47 bits per heavy atom. The van der Waals surface area contributed by atoms with Crippen molar-refractivity contribution in [2.75, 3.05) is 11.1 Å². The molecule has 0 unspecified atom stereocenters. The average Bonchev–Trinajstić information content (AvgIpc) is 2.36. The summed E-state index contributed by atoms with van der Waals surface area (Å²) in [5.74, 6) is -2.77. The molecule has 1 amide bonds. The summed E-state index contributed by atoms with van der Waals surface area (Å²) >= 11 is 0. The van der Waals surface area contributed by atoms with Crippen molar-refractivity contribution < 1.29 is 13.6 Å². The number of nitrogens with two attached hydrogens (primary N) is 2. The molecule has 98 valence electrons. The molecular formula is C13H11F2N3O. The van der Waals surface area contributed by atoms with Crippen LogP contribution in [-0.2, 0) is 0 Å². The molecule has 0 bridgehead atoms. The summed E-state index contributed by atoms with van der Waals surface area (Å²) < 4.78 is 26.7. The lowest BCUT2D eigenvalue weighted by Gasteiger charge is -2.13. The Morgan fingerprint density at radius 2 is 1.79 bits per heavy atom. The molecule has 0 spiro atoms. The van der Waals surface area contributed by atoms with Crippen molar-refractivity contribution in [3.8, 4) is 0 Å². The number of carbonyl (C=O) groups excluding carboxylic acids is 1. The van der Waals surface area contributed by atoms with Crippen LogP contribution in [0.4, 0.5) is 25.8 Å². The fourth-order valence-corrected chi connectivity index (χ4v) is 1.65. The van der Waals surface area contributed by atoms with Gasteiger partial charge in [0.25, 0.3) is 5.91 Å². The van der Waals surface area contributed by atoms with Crippen molar-refractivity contribution in [2.45, 2.75) is 0 Å². The molecule has 0 radical (unpaired) electrons. The van der Waals surface area contributed by atoms with Crippen molar-refractivity contribution >= 4 is 23.0 Å². The number of nitrogen functional groups attached to an aromatic ring is 1. The molecule has 0 saturated carbocycles. The number of halogens is 2. The predicted molar refractivity (Wildman–Crippen MR) is 69.0 cm³/mol. The summed E-state index contributed by atoms with van der Waals surface area (Å²) in [5, 5.41) is 2.59. The normalized spacial score (nSPS) is 10.2. The number of anilines is 3. The topological polar surface area (TPSA) is 81.1 Å². The van der Waals surface area contributed by atoms with Crippen LogP contribution >= 0.6 is 0 Å². The molecule has 6 heteroatoms. The second-order valence-electron chi connectivity index (χ2n) is 3.86. The molecule has 0 fully saturated rings. The quantitative estimate of drug-likeness (QED) is 0.744. The van der Waals surface area contributed by atoms with Gasteiger partial charge in [-0.05, 0) is 24.3 Å². The maximum Gasteiger partial charge on any atom is 0.250 e. The Hall–Kier alpha value is -2.63. The molecule has 0 aliphatic rings. The summed E-state index contributed by atoms with van der Waals surface area (Å²) in [6, 6.07) is 8.16. The zero-order chi connectivity index (χ0) is 14.0. The van der Waals surface area contributed by atoms with Gasteiger partial charge in [0.2, 0.25) is 0 Å². The van der Waals surface area contributed by atoms with Crippen LogP contribution in [0.2, 0.25) is 0 Å². The molecule has 0 aliphatic carbocycles. The van der Waals surface area contributed by atoms with Gasteiger partial charge in [-0.25, -0.2) is 8.78 Å². The van der Waals surface area contributed by atoms with E-state index in [4.69, 9.17) is 11.5 Å². The Balaban J connectivity index is 2.49. The Bertz CT molecular complexity index is 644. The third-order valence-corrected chi connectivity index (χ3v) is 2.57. The average molecular weight is 263 g/mol. The van der Waals surface area contributed by atoms with Crippen LogP contribution in [0, 0.1) is 11.6 Å². The van der Waals surface area contributed by atoms with E-state index in [1.54, 1.807) is 6.07 Å². The second kappa shape index (κ2) is 4.93. The molecule has 2 aromatic carbocycles. The minimum absolute atomic E-state index is 0.101. The van der Waals surface area contributed by atoms with E-state index in [1.807, 2.05) is 0 Å². The van der Waals surface area contributed by atoms with Gasteiger partial charge in [-0.2, -0.15) is 0 Å². The van der Waals surface area contributed by atoms with E-state index in [2.05, 4.69) is 5.32 Å². The number of rotatable bonds is 3. The minimum Gasteiger partial charge on any atom is -0.397 e. The number of hydrogen-bond acceptors (Lipinski definition) is 3. The predicted octanol–water partition coefficient (Wildman–Crippen LogP) is 2.39. The van der Waals surface area contributed by atoms with Crippen LogP contribution in [0.1, 0.15) is 10.4 Å². The first-order valence-corrected chi connectivity index (χ1v) is 5.40. The van der Waals surface area contributed by atoms with Crippen molar-refractivity contribution in [3.05, 3.63) is 53.6 Å². The molecule has 2 rings (SSSR count). The van der Waals surface area contributed by atoms with Crippen molar-refractivity contribution in [1.82, 2.24) is 0 Å². The molecule has 5 N–H and O–H groups in total. The molecule has 0 saturated heterocycles. The monoisotopic (exact) mass is 263 g/mol. The number of amides is 1.